The van der Waals surface area contributed by atoms with E-state index in [1.165, 1.54) is 5.56 Å². The molecule has 0 N–H and O–H groups in total. The Kier molecular flexibility index (Phi) is 4.34. The standard InChI is InChI=1S/C17H20N4O/c1-3-15-10-17(22-19-15)12-20(2)11-14-4-6-16(7-5-14)21-9-8-18-13-21/h4-10,13H,3,11-12H2,1-2H3. The Bertz CT molecular complexity index is 701. The molecule has 0 atom stereocenters. The lowest BCUT2D eigenvalue weighted by Gasteiger charge is -2.15. The molecule has 3 aromatic rings. The molecule has 0 radical (unpaired) electrons. The third-order valence-corrected chi connectivity index (χ3v) is 3.59. The van der Waals surface area contributed by atoms with E-state index in [1.807, 2.05) is 16.8 Å². The molecule has 3 rings (SSSR count). The number of hydrogen-bond donors (Lipinski definition) is 0. The van der Waals surface area contributed by atoms with E-state index >= 15 is 0 Å². The summed E-state index contributed by atoms with van der Waals surface area (Å²) in [6.07, 6.45) is 6.43. The van der Waals surface area contributed by atoms with Crippen molar-refractivity contribution in [3.8, 4) is 5.69 Å². The molecule has 0 aliphatic rings. The summed E-state index contributed by atoms with van der Waals surface area (Å²) in [5.74, 6) is 0.911. The second-order valence-corrected chi connectivity index (χ2v) is 5.45. The van der Waals surface area contributed by atoms with Gasteiger partial charge in [-0.15, -0.1) is 0 Å². The molecule has 5 nitrogen and oxygen atoms in total. The van der Waals surface area contributed by atoms with Crippen molar-refractivity contribution in [1.82, 2.24) is 19.6 Å². The summed E-state index contributed by atoms with van der Waals surface area (Å²) in [6, 6.07) is 10.5. The summed E-state index contributed by atoms with van der Waals surface area (Å²) < 4.78 is 7.32. The van der Waals surface area contributed by atoms with Crippen LogP contribution in [0.2, 0.25) is 0 Å². The zero-order valence-corrected chi connectivity index (χ0v) is 12.9. The minimum atomic E-state index is 0.760. The minimum absolute atomic E-state index is 0.760. The van der Waals surface area contributed by atoms with Crippen molar-refractivity contribution in [3.63, 3.8) is 0 Å². The Morgan fingerprint density at radius 1 is 1.18 bits per heavy atom. The highest BCUT2D eigenvalue weighted by atomic mass is 16.5. The molecule has 114 valence electrons. The van der Waals surface area contributed by atoms with Crippen LogP contribution in [0.4, 0.5) is 0 Å². The SMILES string of the molecule is CCc1cc(CN(C)Cc2ccc(-n3ccnc3)cc2)on1. The van der Waals surface area contributed by atoms with Gasteiger partial charge in [0.15, 0.2) is 5.76 Å². The summed E-state index contributed by atoms with van der Waals surface area (Å²) >= 11 is 0. The molecule has 0 bridgehead atoms. The first kappa shape index (κ1) is 14.5. The third kappa shape index (κ3) is 3.43. The molecular weight excluding hydrogens is 276 g/mol. The van der Waals surface area contributed by atoms with Crippen molar-refractivity contribution in [2.45, 2.75) is 26.4 Å². The number of aryl methyl sites for hydroxylation is 1. The number of benzene rings is 1. The predicted molar refractivity (Wildman–Crippen MR) is 84.6 cm³/mol. The molecule has 0 saturated heterocycles. The van der Waals surface area contributed by atoms with E-state index in [4.69, 9.17) is 4.52 Å². The Labute approximate surface area is 130 Å². The summed E-state index contributed by atoms with van der Waals surface area (Å²) in [7, 11) is 2.08. The summed E-state index contributed by atoms with van der Waals surface area (Å²) in [5.41, 5.74) is 3.39. The summed E-state index contributed by atoms with van der Waals surface area (Å²) in [6.45, 7) is 3.70. The second-order valence-electron chi connectivity index (χ2n) is 5.45. The zero-order valence-electron chi connectivity index (χ0n) is 12.9. The Morgan fingerprint density at radius 3 is 2.64 bits per heavy atom. The quantitative estimate of drug-likeness (QED) is 0.701. The topological polar surface area (TPSA) is 47.1 Å². The van der Waals surface area contributed by atoms with Crippen LogP contribution in [0.1, 0.15) is 23.9 Å². The fourth-order valence-corrected chi connectivity index (χ4v) is 2.42. The van der Waals surface area contributed by atoms with Crippen molar-refractivity contribution in [1.29, 1.82) is 0 Å². The molecular formula is C17H20N4O. The van der Waals surface area contributed by atoms with Crippen LogP contribution in [0.15, 0.2) is 53.6 Å². The van der Waals surface area contributed by atoms with Gasteiger partial charge in [0.05, 0.1) is 18.6 Å². The van der Waals surface area contributed by atoms with Gasteiger partial charge in [0.1, 0.15) is 0 Å². The van der Waals surface area contributed by atoms with Gasteiger partial charge in [-0.2, -0.15) is 0 Å². The minimum Gasteiger partial charge on any atom is -0.360 e. The molecule has 2 aromatic heterocycles. The predicted octanol–water partition coefficient (Wildman–Crippen LogP) is 3.05. The number of hydrogen-bond acceptors (Lipinski definition) is 4. The lowest BCUT2D eigenvalue weighted by atomic mass is 10.2. The summed E-state index contributed by atoms with van der Waals surface area (Å²) in [5, 5.41) is 4.02. The van der Waals surface area contributed by atoms with Crippen molar-refractivity contribution in [3.05, 3.63) is 66.1 Å². The molecule has 0 fully saturated rings. The number of aromatic nitrogens is 3. The summed E-state index contributed by atoms with van der Waals surface area (Å²) in [4.78, 5) is 6.28. The lowest BCUT2D eigenvalue weighted by Crippen LogP contribution is -2.16. The smallest absolute Gasteiger partial charge is 0.150 e. The van der Waals surface area contributed by atoms with Crippen LogP contribution in [0, 0.1) is 0 Å². The van der Waals surface area contributed by atoms with Crippen molar-refractivity contribution >= 4 is 0 Å². The van der Waals surface area contributed by atoms with E-state index in [9.17, 15) is 0 Å². The van der Waals surface area contributed by atoms with E-state index in [2.05, 4.69) is 53.3 Å². The van der Waals surface area contributed by atoms with Crippen LogP contribution in [0.25, 0.3) is 5.69 Å². The first-order valence-electron chi connectivity index (χ1n) is 7.45. The molecule has 0 amide bonds. The highest BCUT2D eigenvalue weighted by Gasteiger charge is 2.07. The van der Waals surface area contributed by atoms with E-state index in [0.717, 1.165) is 36.7 Å². The number of nitrogens with zero attached hydrogens (tertiary/aromatic N) is 4. The van der Waals surface area contributed by atoms with Crippen molar-refractivity contribution in [2.24, 2.45) is 0 Å². The van der Waals surface area contributed by atoms with Gasteiger partial charge in [-0.1, -0.05) is 24.2 Å². The first-order chi connectivity index (χ1) is 10.7. The highest BCUT2D eigenvalue weighted by Crippen LogP contribution is 2.13. The molecule has 0 aliphatic heterocycles. The highest BCUT2D eigenvalue weighted by molar-refractivity contribution is 5.34. The molecule has 0 aliphatic carbocycles. The average molecular weight is 296 g/mol. The molecule has 1 aromatic carbocycles. The van der Waals surface area contributed by atoms with Gasteiger partial charge in [0, 0.05) is 30.7 Å². The third-order valence-electron chi connectivity index (χ3n) is 3.59. The van der Waals surface area contributed by atoms with E-state index in [0.29, 0.717) is 0 Å². The fourth-order valence-electron chi connectivity index (χ4n) is 2.42. The second kappa shape index (κ2) is 6.58. The number of rotatable bonds is 6. The maximum atomic E-state index is 5.33. The van der Waals surface area contributed by atoms with E-state index in [-0.39, 0.29) is 0 Å². The Balaban J connectivity index is 1.60. The first-order valence-corrected chi connectivity index (χ1v) is 7.45. The molecule has 5 heteroatoms. The molecule has 0 spiro atoms. The lowest BCUT2D eigenvalue weighted by molar-refractivity contribution is 0.266. The van der Waals surface area contributed by atoms with Gasteiger partial charge < -0.3 is 9.09 Å². The molecule has 0 saturated carbocycles. The van der Waals surface area contributed by atoms with Gasteiger partial charge >= 0.3 is 0 Å². The van der Waals surface area contributed by atoms with Crippen LogP contribution in [0.3, 0.4) is 0 Å². The maximum Gasteiger partial charge on any atom is 0.150 e. The van der Waals surface area contributed by atoms with Crippen LogP contribution >= 0.6 is 0 Å². The molecule has 2 heterocycles. The monoisotopic (exact) mass is 296 g/mol. The van der Waals surface area contributed by atoms with Crippen LogP contribution in [-0.2, 0) is 19.5 Å². The normalized spacial score (nSPS) is 11.2. The van der Waals surface area contributed by atoms with Crippen LogP contribution < -0.4 is 0 Å². The van der Waals surface area contributed by atoms with Crippen molar-refractivity contribution in [2.75, 3.05) is 7.05 Å². The van der Waals surface area contributed by atoms with Crippen LogP contribution in [0.5, 0.6) is 0 Å². The Morgan fingerprint density at radius 2 is 2.00 bits per heavy atom. The largest absolute Gasteiger partial charge is 0.360 e. The number of imidazole rings is 1. The fraction of sp³-hybridized carbons (Fsp3) is 0.294. The Hall–Kier alpha value is -2.40. The van der Waals surface area contributed by atoms with Gasteiger partial charge in [-0.25, -0.2) is 4.98 Å². The van der Waals surface area contributed by atoms with Gasteiger partial charge in [-0.3, -0.25) is 4.90 Å². The molecule has 22 heavy (non-hydrogen) atoms. The van der Waals surface area contributed by atoms with E-state index in [1.54, 1.807) is 12.5 Å². The molecule has 0 unspecified atom stereocenters. The van der Waals surface area contributed by atoms with Gasteiger partial charge in [0.2, 0.25) is 0 Å². The maximum absolute atomic E-state index is 5.33. The van der Waals surface area contributed by atoms with Crippen molar-refractivity contribution < 1.29 is 4.52 Å². The van der Waals surface area contributed by atoms with Crippen LogP contribution in [-0.4, -0.2) is 26.7 Å². The average Bonchev–Trinajstić information content (AvgIpc) is 3.19. The zero-order chi connectivity index (χ0) is 15.4. The van der Waals surface area contributed by atoms with E-state index < -0.39 is 0 Å². The van der Waals surface area contributed by atoms with Gasteiger partial charge in [-0.05, 0) is 31.2 Å². The van der Waals surface area contributed by atoms with Gasteiger partial charge in [0.25, 0.3) is 0 Å².